The van der Waals surface area contributed by atoms with Gasteiger partial charge in [0, 0.05) is 23.5 Å². The number of halogens is 2. The average molecular weight is 683 g/mol. The van der Waals surface area contributed by atoms with Crippen molar-refractivity contribution in [3.8, 4) is 11.3 Å². The third-order valence-corrected chi connectivity index (χ3v) is 9.24. The molecule has 3 aliphatic heterocycles. The van der Waals surface area contributed by atoms with Crippen molar-refractivity contribution in [3.05, 3.63) is 58.8 Å². The number of carbonyl (C=O) groups is 4. The van der Waals surface area contributed by atoms with Crippen LogP contribution in [0, 0.1) is 5.82 Å². The van der Waals surface area contributed by atoms with Crippen LogP contribution in [0.2, 0.25) is 5.02 Å². The van der Waals surface area contributed by atoms with E-state index in [2.05, 4.69) is 25.9 Å². The van der Waals surface area contributed by atoms with Gasteiger partial charge in [-0.3, -0.25) is 15.4 Å². The minimum atomic E-state index is -1.41. The van der Waals surface area contributed by atoms with Gasteiger partial charge >= 0.3 is 18.2 Å². The van der Waals surface area contributed by atoms with E-state index >= 15 is 4.39 Å². The first-order chi connectivity index (χ1) is 23.1. The number of likely N-dealkylation sites (tertiary alicyclic amines) is 1. The molecule has 3 amide bonds. The predicted octanol–water partition coefficient (Wildman–Crippen LogP) is 6.13. The molecule has 4 heterocycles. The summed E-state index contributed by atoms with van der Waals surface area (Å²) in [5, 5.41) is 8.37. The summed E-state index contributed by atoms with van der Waals surface area (Å²) in [4.78, 5) is 61.4. The summed E-state index contributed by atoms with van der Waals surface area (Å²) in [5.41, 5.74) is 1.17. The van der Waals surface area contributed by atoms with Crippen molar-refractivity contribution in [1.29, 1.82) is 0 Å². The Labute approximate surface area is 280 Å². The zero-order chi connectivity index (χ0) is 34.0. The molecule has 1 saturated heterocycles. The van der Waals surface area contributed by atoms with E-state index in [0.717, 1.165) is 0 Å². The molecule has 2 aromatic carbocycles. The Hall–Kier alpha value is -4.85. The van der Waals surface area contributed by atoms with Crippen molar-refractivity contribution in [2.75, 3.05) is 42.8 Å². The molecule has 0 radical (unpaired) electrons. The van der Waals surface area contributed by atoms with E-state index in [1.807, 2.05) is 0 Å². The normalized spacial score (nSPS) is 22.0. The van der Waals surface area contributed by atoms with Crippen molar-refractivity contribution in [1.82, 2.24) is 14.9 Å². The van der Waals surface area contributed by atoms with Crippen LogP contribution in [-0.4, -0.2) is 71.8 Å². The Kier molecular flexibility index (Phi) is 9.45. The molecule has 0 aliphatic carbocycles. The third kappa shape index (κ3) is 6.48. The van der Waals surface area contributed by atoms with Crippen LogP contribution < -0.4 is 16.0 Å². The van der Waals surface area contributed by atoms with Crippen molar-refractivity contribution >= 4 is 52.7 Å². The molecule has 1 fully saturated rings. The number of nitrogens with zero attached hydrogens (tertiary/aromatic N) is 2. The smallest absolute Gasteiger partial charge is 0.412 e. The number of carbonyl (C=O) groups excluding carboxylic acids is 4. The van der Waals surface area contributed by atoms with Gasteiger partial charge in [-0.15, -0.1) is 0 Å². The van der Waals surface area contributed by atoms with Gasteiger partial charge in [-0.25, -0.2) is 23.8 Å². The van der Waals surface area contributed by atoms with Gasteiger partial charge in [-0.1, -0.05) is 24.4 Å². The second kappa shape index (κ2) is 13.7. The van der Waals surface area contributed by atoms with Gasteiger partial charge < -0.3 is 29.4 Å². The van der Waals surface area contributed by atoms with Gasteiger partial charge in [0.2, 0.25) is 5.91 Å². The first kappa shape index (κ1) is 33.1. The molecule has 1 aromatic heterocycles. The quantitative estimate of drug-likeness (QED) is 0.187. The van der Waals surface area contributed by atoms with Crippen molar-refractivity contribution in [2.24, 2.45) is 0 Å². The molecule has 3 aromatic rings. The Bertz CT molecular complexity index is 1750. The largest absolute Gasteiger partial charge is 0.464 e. The Morgan fingerprint density at radius 3 is 2.77 bits per heavy atom. The molecule has 4 N–H and O–H groups in total. The summed E-state index contributed by atoms with van der Waals surface area (Å²) in [6, 6.07) is 7.33. The zero-order valence-electron chi connectivity index (χ0n) is 26.5. The van der Waals surface area contributed by atoms with Crippen LogP contribution in [0.4, 0.5) is 31.0 Å². The van der Waals surface area contributed by atoms with Gasteiger partial charge in [-0.2, -0.15) is 0 Å². The number of rotatable bonds is 4. The SMILES string of the molecule is CCOC(=O)C1CCCCC(C(=O)N2CCC[C@@]3(C2)OC(=O)Nc2ccc(Cl)c(F)c23)c2ncc([nH]2)-c2ccc(NC(=O)OC)cc2N1. The summed E-state index contributed by atoms with van der Waals surface area (Å²) in [6.07, 6.45) is 2.99. The first-order valence-corrected chi connectivity index (χ1v) is 16.2. The summed E-state index contributed by atoms with van der Waals surface area (Å²) in [5.74, 6) is -1.63. The van der Waals surface area contributed by atoms with Crippen LogP contribution in [0.15, 0.2) is 36.5 Å². The maximum absolute atomic E-state index is 15.5. The van der Waals surface area contributed by atoms with Crippen LogP contribution >= 0.6 is 11.6 Å². The molecule has 2 unspecified atom stereocenters. The fourth-order valence-corrected chi connectivity index (χ4v) is 6.89. The molecule has 1 spiro atoms. The van der Waals surface area contributed by atoms with Crippen LogP contribution in [0.25, 0.3) is 11.3 Å². The Morgan fingerprint density at radius 1 is 1.17 bits per heavy atom. The maximum Gasteiger partial charge on any atom is 0.412 e. The second-order valence-electron chi connectivity index (χ2n) is 12.0. The number of fused-ring (bicyclic) bond motifs is 6. The van der Waals surface area contributed by atoms with Crippen LogP contribution in [-0.2, 0) is 29.4 Å². The topological polar surface area (TPSA) is 164 Å². The lowest BCUT2D eigenvalue weighted by molar-refractivity contribution is -0.144. The van der Waals surface area contributed by atoms with E-state index in [9.17, 15) is 19.2 Å². The lowest BCUT2D eigenvalue weighted by Crippen LogP contribution is -2.54. The number of imidazole rings is 1. The number of benzene rings is 2. The van der Waals surface area contributed by atoms with Crippen molar-refractivity contribution in [3.63, 3.8) is 0 Å². The van der Waals surface area contributed by atoms with Crippen molar-refractivity contribution in [2.45, 2.75) is 63.0 Å². The third-order valence-electron chi connectivity index (χ3n) is 8.94. The van der Waals surface area contributed by atoms with Crippen LogP contribution in [0.1, 0.15) is 62.8 Å². The number of methoxy groups -OCH3 is 1. The maximum atomic E-state index is 15.5. The van der Waals surface area contributed by atoms with E-state index < -0.39 is 41.5 Å². The minimum absolute atomic E-state index is 0.0543. The van der Waals surface area contributed by atoms with E-state index in [-0.39, 0.29) is 35.3 Å². The number of nitrogens with one attached hydrogen (secondary N) is 4. The molecule has 48 heavy (non-hydrogen) atoms. The highest BCUT2D eigenvalue weighted by atomic mass is 35.5. The predicted molar refractivity (Wildman–Crippen MR) is 174 cm³/mol. The Balaban J connectivity index is 1.34. The first-order valence-electron chi connectivity index (χ1n) is 15.9. The number of esters is 1. The summed E-state index contributed by atoms with van der Waals surface area (Å²) in [7, 11) is 1.26. The van der Waals surface area contributed by atoms with Gasteiger partial charge in [0.05, 0.1) is 54.3 Å². The number of H-pyrrole nitrogens is 1. The number of aromatic amines is 1. The summed E-state index contributed by atoms with van der Waals surface area (Å²) >= 11 is 6.14. The zero-order valence-corrected chi connectivity index (χ0v) is 27.2. The molecular weight excluding hydrogens is 647 g/mol. The summed E-state index contributed by atoms with van der Waals surface area (Å²) < 4.78 is 31.3. The lowest BCUT2D eigenvalue weighted by Gasteiger charge is -2.45. The number of hydrogen-bond donors (Lipinski definition) is 4. The molecular formula is C33H36ClFN6O7. The highest BCUT2D eigenvalue weighted by molar-refractivity contribution is 6.31. The molecule has 0 saturated carbocycles. The number of ether oxygens (including phenoxy) is 3. The average Bonchev–Trinajstić information content (AvgIpc) is 3.55. The minimum Gasteiger partial charge on any atom is -0.464 e. The van der Waals surface area contributed by atoms with Gasteiger partial charge in [0.25, 0.3) is 0 Å². The van der Waals surface area contributed by atoms with Crippen LogP contribution in [0.3, 0.4) is 0 Å². The van der Waals surface area contributed by atoms with E-state index in [4.69, 9.17) is 25.8 Å². The highest BCUT2D eigenvalue weighted by Gasteiger charge is 2.49. The molecule has 6 rings (SSSR count). The van der Waals surface area contributed by atoms with Gasteiger partial charge in [0.1, 0.15) is 11.9 Å². The van der Waals surface area contributed by atoms with Gasteiger partial charge in [-0.05, 0) is 62.9 Å². The van der Waals surface area contributed by atoms with E-state index in [1.54, 1.807) is 36.2 Å². The lowest BCUT2D eigenvalue weighted by atomic mass is 9.82. The van der Waals surface area contributed by atoms with Crippen molar-refractivity contribution < 1.29 is 37.8 Å². The molecule has 3 atom stereocenters. The number of hydrogen-bond acceptors (Lipinski definition) is 9. The number of anilines is 3. The standard InChI is InChI=1S/C33H36ClFN6O7/c1-3-47-30(43)23-8-5-4-7-20(28-36-16-25(39-28)19-10-9-18(15-24(19)38-23)37-31(44)46-2)29(42)41-14-6-13-33(17-41)26-22(40-32(45)48-33)12-11-21(34)27(26)35/h9-12,15-16,20,23,38H,3-8,13-14,17H2,1-2H3,(H,36,39)(H,37,44)(H,40,45)/t20?,23?,33-/m0/s1. The van der Waals surface area contributed by atoms with Crippen LogP contribution in [0.5, 0.6) is 0 Å². The molecule has 254 valence electrons. The summed E-state index contributed by atoms with van der Waals surface area (Å²) in [6.45, 7) is 2.26. The molecule has 15 heteroatoms. The molecule has 2 bridgehead atoms. The Morgan fingerprint density at radius 2 is 1.98 bits per heavy atom. The second-order valence-corrected chi connectivity index (χ2v) is 12.4. The fraction of sp³-hybridized carbons (Fsp3) is 0.424. The number of amides is 3. The monoisotopic (exact) mass is 682 g/mol. The molecule has 13 nitrogen and oxygen atoms in total. The number of piperidine rings is 1. The number of aromatic nitrogens is 2. The molecule has 3 aliphatic rings. The fourth-order valence-electron chi connectivity index (χ4n) is 6.73. The van der Waals surface area contributed by atoms with E-state index in [1.165, 1.54) is 19.2 Å². The highest BCUT2D eigenvalue weighted by Crippen LogP contribution is 2.46. The van der Waals surface area contributed by atoms with Gasteiger partial charge in [0.15, 0.2) is 11.4 Å². The van der Waals surface area contributed by atoms with E-state index in [0.29, 0.717) is 73.5 Å².